The highest BCUT2D eigenvalue weighted by Crippen LogP contribution is 2.45. The third-order valence-electron chi connectivity index (χ3n) is 7.76. The van der Waals surface area contributed by atoms with Crippen LogP contribution >= 0.6 is 38.6 Å². The van der Waals surface area contributed by atoms with Crippen LogP contribution in [0.4, 0.5) is 0 Å². The molecule has 38 heavy (non-hydrogen) atoms. The van der Waals surface area contributed by atoms with Gasteiger partial charge in [-0.15, -0.1) is 22.7 Å². The minimum absolute atomic E-state index is 0.990. The number of fused-ring (bicyclic) bond motifs is 3. The van der Waals surface area contributed by atoms with E-state index < -0.39 is 0 Å². The lowest BCUT2D eigenvalue weighted by Gasteiger charge is -2.06. The lowest BCUT2D eigenvalue weighted by molar-refractivity contribution is 0.667. The van der Waals surface area contributed by atoms with Gasteiger partial charge in [-0.1, -0.05) is 76.6 Å². The molecular formula is C34H40BrNS2. The summed E-state index contributed by atoms with van der Waals surface area (Å²) in [5, 5.41) is 2.74. The van der Waals surface area contributed by atoms with Crippen molar-refractivity contribution in [3.8, 4) is 20.2 Å². The predicted octanol–water partition coefficient (Wildman–Crippen LogP) is 12.3. The Hall–Kier alpha value is -1.88. The Kier molecular flexibility index (Phi) is 9.46. The molecule has 0 spiro atoms. The first-order chi connectivity index (χ1) is 18.6. The van der Waals surface area contributed by atoms with Crippen molar-refractivity contribution in [2.24, 2.45) is 0 Å². The molecule has 0 atom stereocenters. The van der Waals surface area contributed by atoms with Gasteiger partial charge in [-0.25, -0.2) is 0 Å². The predicted molar refractivity (Wildman–Crippen MR) is 175 cm³/mol. The van der Waals surface area contributed by atoms with Crippen molar-refractivity contribution in [1.29, 1.82) is 0 Å². The summed E-state index contributed by atoms with van der Waals surface area (Å²) in [6.45, 7) is 7.83. The average Bonchev–Trinajstić information content (AvgIpc) is 3.62. The van der Waals surface area contributed by atoms with Crippen molar-refractivity contribution in [3.05, 3.63) is 69.5 Å². The van der Waals surface area contributed by atoms with Crippen LogP contribution in [0.5, 0.6) is 0 Å². The molecule has 200 valence electrons. The molecule has 3 aromatic heterocycles. The Bertz CT molecular complexity index is 1500. The van der Waals surface area contributed by atoms with Gasteiger partial charge in [-0.3, -0.25) is 0 Å². The molecule has 5 rings (SSSR count). The van der Waals surface area contributed by atoms with Crippen LogP contribution in [0.25, 0.3) is 42.0 Å². The Balaban J connectivity index is 1.56. The van der Waals surface area contributed by atoms with Crippen molar-refractivity contribution >= 4 is 60.4 Å². The molecule has 0 fully saturated rings. The van der Waals surface area contributed by atoms with Crippen molar-refractivity contribution < 1.29 is 0 Å². The summed E-state index contributed by atoms with van der Waals surface area (Å²) in [6, 6.07) is 21.0. The van der Waals surface area contributed by atoms with Crippen LogP contribution in [0.2, 0.25) is 0 Å². The lowest BCUT2D eigenvalue weighted by atomic mass is 10.0. The van der Waals surface area contributed by atoms with Crippen molar-refractivity contribution in [2.45, 2.75) is 91.5 Å². The Labute approximate surface area is 245 Å². The molecule has 0 aliphatic rings. The van der Waals surface area contributed by atoms with Crippen molar-refractivity contribution in [1.82, 2.24) is 4.57 Å². The Morgan fingerprint density at radius 2 is 1.34 bits per heavy atom. The van der Waals surface area contributed by atoms with E-state index in [9.17, 15) is 0 Å². The highest BCUT2D eigenvalue weighted by Gasteiger charge is 2.18. The zero-order valence-electron chi connectivity index (χ0n) is 23.1. The molecule has 3 heterocycles. The third-order valence-corrected chi connectivity index (χ3v) is 10.8. The molecule has 0 saturated carbocycles. The zero-order chi connectivity index (χ0) is 26.5. The van der Waals surface area contributed by atoms with E-state index >= 15 is 0 Å². The second kappa shape index (κ2) is 13.0. The maximum Gasteiger partial charge on any atom is 0.0708 e. The second-order valence-electron chi connectivity index (χ2n) is 10.5. The molecule has 0 amide bonds. The third kappa shape index (κ3) is 5.83. The topological polar surface area (TPSA) is 4.93 Å². The zero-order valence-corrected chi connectivity index (χ0v) is 26.3. The summed E-state index contributed by atoms with van der Waals surface area (Å²) >= 11 is 7.74. The van der Waals surface area contributed by atoms with Crippen LogP contribution in [-0.4, -0.2) is 4.57 Å². The number of thiophene rings is 2. The van der Waals surface area contributed by atoms with Gasteiger partial charge in [0.25, 0.3) is 0 Å². The molecule has 0 saturated heterocycles. The summed E-state index contributed by atoms with van der Waals surface area (Å²) < 4.78 is 3.71. The van der Waals surface area contributed by atoms with E-state index in [0.717, 1.165) is 6.54 Å². The number of hydrogen-bond donors (Lipinski definition) is 0. The average molecular weight is 607 g/mol. The van der Waals surface area contributed by atoms with Crippen LogP contribution in [-0.2, 0) is 19.4 Å². The molecule has 2 aromatic carbocycles. The molecule has 1 nitrogen and oxygen atoms in total. The van der Waals surface area contributed by atoms with E-state index in [4.69, 9.17) is 0 Å². The van der Waals surface area contributed by atoms with Gasteiger partial charge in [0, 0.05) is 43.0 Å². The van der Waals surface area contributed by atoms with Gasteiger partial charge >= 0.3 is 0 Å². The fourth-order valence-corrected chi connectivity index (χ4v) is 8.82. The molecule has 0 N–H and O–H groups in total. The molecule has 0 bridgehead atoms. The van der Waals surface area contributed by atoms with Gasteiger partial charge in [0.2, 0.25) is 0 Å². The summed E-state index contributed by atoms with van der Waals surface area (Å²) in [4.78, 5) is 4.39. The number of halogens is 1. The number of nitrogens with zero attached hydrogens (tertiary/aromatic N) is 1. The SMILES string of the molecule is CCCCCCc1cc(-c2sc(Br)cc2CCCCCC)sc1-c1ccc2c(c1)c1ccccc1n2CC. The largest absolute Gasteiger partial charge is 0.341 e. The van der Waals surface area contributed by atoms with Gasteiger partial charge in [0.15, 0.2) is 0 Å². The van der Waals surface area contributed by atoms with E-state index in [0.29, 0.717) is 0 Å². The number of rotatable bonds is 13. The monoisotopic (exact) mass is 605 g/mol. The van der Waals surface area contributed by atoms with Crippen LogP contribution in [0.15, 0.2) is 58.4 Å². The molecule has 0 radical (unpaired) electrons. The number of benzene rings is 2. The summed E-state index contributed by atoms with van der Waals surface area (Å²) in [7, 11) is 0. The number of para-hydroxylation sites is 1. The van der Waals surface area contributed by atoms with E-state index in [1.165, 1.54) is 121 Å². The second-order valence-corrected chi connectivity index (χ2v) is 14.0. The van der Waals surface area contributed by atoms with E-state index in [1.807, 2.05) is 22.7 Å². The molecule has 4 heteroatoms. The van der Waals surface area contributed by atoms with Gasteiger partial charge in [0.05, 0.1) is 3.79 Å². The van der Waals surface area contributed by atoms with E-state index in [1.54, 1.807) is 0 Å². The number of unbranched alkanes of at least 4 members (excludes halogenated alkanes) is 6. The minimum atomic E-state index is 0.990. The van der Waals surface area contributed by atoms with Crippen LogP contribution in [0.1, 0.15) is 83.3 Å². The van der Waals surface area contributed by atoms with Crippen molar-refractivity contribution in [2.75, 3.05) is 0 Å². The van der Waals surface area contributed by atoms with Gasteiger partial charge in [0.1, 0.15) is 0 Å². The number of aromatic nitrogens is 1. The quantitative estimate of drug-likeness (QED) is 0.118. The number of hydrogen-bond acceptors (Lipinski definition) is 2. The molecule has 0 unspecified atom stereocenters. The highest BCUT2D eigenvalue weighted by atomic mass is 79.9. The normalized spacial score (nSPS) is 11.8. The Morgan fingerprint density at radius 3 is 2.05 bits per heavy atom. The van der Waals surface area contributed by atoms with Crippen molar-refractivity contribution in [3.63, 3.8) is 0 Å². The highest BCUT2D eigenvalue weighted by molar-refractivity contribution is 9.11. The van der Waals surface area contributed by atoms with Gasteiger partial charge in [-0.05, 0) is 95.6 Å². The van der Waals surface area contributed by atoms with Crippen LogP contribution < -0.4 is 0 Å². The van der Waals surface area contributed by atoms with Crippen LogP contribution in [0, 0.1) is 0 Å². The lowest BCUT2D eigenvalue weighted by Crippen LogP contribution is -1.92. The fourth-order valence-electron chi connectivity index (χ4n) is 5.78. The number of aryl methyl sites for hydroxylation is 3. The maximum absolute atomic E-state index is 3.81. The first kappa shape index (κ1) is 27.7. The van der Waals surface area contributed by atoms with Gasteiger partial charge < -0.3 is 4.57 Å². The molecule has 0 aliphatic carbocycles. The molecule has 0 aliphatic heterocycles. The van der Waals surface area contributed by atoms with E-state index in [-0.39, 0.29) is 0 Å². The van der Waals surface area contributed by atoms with E-state index in [2.05, 4.69) is 95.9 Å². The minimum Gasteiger partial charge on any atom is -0.341 e. The first-order valence-electron chi connectivity index (χ1n) is 14.6. The summed E-state index contributed by atoms with van der Waals surface area (Å²) in [6.07, 6.45) is 12.8. The summed E-state index contributed by atoms with van der Waals surface area (Å²) in [5.41, 5.74) is 7.10. The van der Waals surface area contributed by atoms with Crippen LogP contribution in [0.3, 0.4) is 0 Å². The molecular weight excluding hydrogens is 566 g/mol. The molecule has 5 aromatic rings. The fraction of sp³-hybridized carbons (Fsp3) is 0.412. The van der Waals surface area contributed by atoms with Gasteiger partial charge in [-0.2, -0.15) is 0 Å². The maximum atomic E-state index is 3.81. The first-order valence-corrected chi connectivity index (χ1v) is 17.0. The summed E-state index contributed by atoms with van der Waals surface area (Å²) in [5.74, 6) is 0. The standard InChI is InChI=1S/C34H40BrNS2/c1-4-7-9-11-15-24-22-31(34-25(23-32(35)38-34)16-12-10-8-5-2)37-33(24)26-19-20-30-28(21-26)27-17-13-14-18-29(27)36(30)6-3/h13-14,17-23H,4-12,15-16H2,1-3H3. The Morgan fingerprint density at radius 1 is 0.658 bits per heavy atom. The smallest absolute Gasteiger partial charge is 0.0708 e.